The van der Waals surface area contributed by atoms with Crippen molar-refractivity contribution in [3.05, 3.63) is 0 Å². The first-order valence-corrected chi connectivity index (χ1v) is 5.58. The normalized spacial score (nSPS) is 15.4. The maximum absolute atomic E-state index is 11.2. The minimum atomic E-state index is -2.93. The van der Waals surface area contributed by atoms with Gasteiger partial charge in [0, 0.05) is 6.04 Å². The Morgan fingerprint density at radius 2 is 1.82 bits per heavy atom. The van der Waals surface area contributed by atoms with Gasteiger partial charge in [-0.2, -0.15) is 0 Å². The lowest BCUT2D eigenvalue weighted by atomic mass is 10.3. The fourth-order valence-electron chi connectivity index (χ4n) is 0.609. The van der Waals surface area contributed by atoms with E-state index in [1.54, 1.807) is 13.8 Å². The standard InChI is InChI=1S/C7H17NO2S/c1-4-7(8)5-11(9,10)6(2)3/h6-7H,4-5,8H2,1-3H3. The molecule has 0 aliphatic carbocycles. The van der Waals surface area contributed by atoms with Crippen molar-refractivity contribution < 1.29 is 8.42 Å². The monoisotopic (exact) mass is 179 g/mol. The molecule has 0 aliphatic heterocycles. The summed E-state index contributed by atoms with van der Waals surface area (Å²) in [5.41, 5.74) is 5.52. The maximum atomic E-state index is 11.2. The lowest BCUT2D eigenvalue weighted by Gasteiger charge is -2.11. The van der Waals surface area contributed by atoms with E-state index in [-0.39, 0.29) is 17.0 Å². The average Bonchev–Trinajstić information content (AvgIpc) is 1.86. The maximum Gasteiger partial charge on any atom is 0.154 e. The van der Waals surface area contributed by atoms with Gasteiger partial charge in [0.1, 0.15) is 0 Å². The van der Waals surface area contributed by atoms with E-state index in [0.717, 1.165) is 0 Å². The molecule has 4 heteroatoms. The highest BCUT2D eigenvalue weighted by Crippen LogP contribution is 2.03. The molecule has 1 atom stereocenters. The van der Waals surface area contributed by atoms with Crippen LogP contribution < -0.4 is 5.73 Å². The smallest absolute Gasteiger partial charge is 0.154 e. The van der Waals surface area contributed by atoms with Crippen LogP contribution in [0.25, 0.3) is 0 Å². The first kappa shape index (κ1) is 10.9. The predicted molar refractivity (Wildman–Crippen MR) is 47.2 cm³/mol. The van der Waals surface area contributed by atoms with Crippen molar-refractivity contribution >= 4 is 9.84 Å². The van der Waals surface area contributed by atoms with Crippen LogP contribution in [0.5, 0.6) is 0 Å². The summed E-state index contributed by atoms with van der Waals surface area (Å²) in [5, 5.41) is -0.305. The van der Waals surface area contributed by atoms with Gasteiger partial charge >= 0.3 is 0 Å². The Labute approximate surface area is 68.9 Å². The fourth-order valence-corrected chi connectivity index (χ4v) is 1.83. The summed E-state index contributed by atoms with van der Waals surface area (Å²) in [6.45, 7) is 5.25. The van der Waals surface area contributed by atoms with E-state index in [0.29, 0.717) is 6.42 Å². The van der Waals surface area contributed by atoms with Crippen LogP contribution in [-0.2, 0) is 9.84 Å². The molecule has 0 radical (unpaired) electrons. The molecule has 1 unspecified atom stereocenters. The van der Waals surface area contributed by atoms with Gasteiger partial charge in [-0.05, 0) is 20.3 Å². The molecule has 0 aliphatic rings. The molecule has 0 amide bonds. The van der Waals surface area contributed by atoms with Crippen molar-refractivity contribution in [1.82, 2.24) is 0 Å². The molecule has 0 aromatic heterocycles. The van der Waals surface area contributed by atoms with Gasteiger partial charge in [-0.15, -0.1) is 0 Å². The van der Waals surface area contributed by atoms with Gasteiger partial charge < -0.3 is 5.73 Å². The van der Waals surface area contributed by atoms with Crippen molar-refractivity contribution in [2.75, 3.05) is 5.75 Å². The summed E-state index contributed by atoms with van der Waals surface area (Å²) < 4.78 is 22.4. The molecule has 68 valence electrons. The minimum absolute atomic E-state index is 0.112. The molecule has 0 heterocycles. The minimum Gasteiger partial charge on any atom is -0.327 e. The summed E-state index contributed by atoms with van der Waals surface area (Å²) in [6.07, 6.45) is 0.714. The van der Waals surface area contributed by atoms with Crippen molar-refractivity contribution in [2.45, 2.75) is 38.5 Å². The van der Waals surface area contributed by atoms with Gasteiger partial charge in [-0.3, -0.25) is 0 Å². The Bertz CT molecular complexity index is 196. The zero-order valence-corrected chi connectivity index (χ0v) is 8.19. The van der Waals surface area contributed by atoms with Crippen LogP contribution in [0, 0.1) is 0 Å². The van der Waals surface area contributed by atoms with Crippen LogP contribution in [0.1, 0.15) is 27.2 Å². The predicted octanol–water partition coefficient (Wildman–Crippen LogP) is 0.547. The van der Waals surface area contributed by atoms with Gasteiger partial charge in [0.2, 0.25) is 0 Å². The van der Waals surface area contributed by atoms with Crippen molar-refractivity contribution in [3.63, 3.8) is 0 Å². The van der Waals surface area contributed by atoms with E-state index >= 15 is 0 Å². The summed E-state index contributed by atoms with van der Waals surface area (Å²) in [5.74, 6) is 0.112. The van der Waals surface area contributed by atoms with Crippen molar-refractivity contribution in [3.8, 4) is 0 Å². The van der Waals surface area contributed by atoms with Gasteiger partial charge in [-0.1, -0.05) is 6.92 Å². The number of nitrogens with two attached hydrogens (primary N) is 1. The highest BCUT2D eigenvalue weighted by molar-refractivity contribution is 7.92. The van der Waals surface area contributed by atoms with Crippen molar-refractivity contribution in [2.24, 2.45) is 5.73 Å². The SMILES string of the molecule is CCC(N)CS(=O)(=O)C(C)C. The number of sulfone groups is 1. The first-order valence-electron chi connectivity index (χ1n) is 3.87. The second kappa shape index (κ2) is 4.07. The molecule has 3 nitrogen and oxygen atoms in total. The van der Waals surface area contributed by atoms with Crippen LogP contribution >= 0.6 is 0 Å². The van der Waals surface area contributed by atoms with Crippen LogP contribution in [0.4, 0.5) is 0 Å². The van der Waals surface area contributed by atoms with E-state index < -0.39 is 9.84 Å². The Morgan fingerprint density at radius 3 is 2.09 bits per heavy atom. The van der Waals surface area contributed by atoms with E-state index in [1.807, 2.05) is 6.92 Å². The molecule has 2 N–H and O–H groups in total. The molecule has 0 aromatic rings. The van der Waals surface area contributed by atoms with Gasteiger partial charge in [0.05, 0.1) is 11.0 Å². The third kappa shape index (κ3) is 3.72. The summed E-state index contributed by atoms with van der Waals surface area (Å²) in [7, 11) is -2.93. The molecular weight excluding hydrogens is 162 g/mol. The summed E-state index contributed by atoms with van der Waals surface area (Å²) in [4.78, 5) is 0. The number of hydrogen-bond acceptors (Lipinski definition) is 3. The lowest BCUT2D eigenvalue weighted by Crippen LogP contribution is -2.32. The fraction of sp³-hybridized carbons (Fsp3) is 1.00. The highest BCUT2D eigenvalue weighted by Gasteiger charge is 2.18. The van der Waals surface area contributed by atoms with Gasteiger partial charge in [-0.25, -0.2) is 8.42 Å². The average molecular weight is 179 g/mol. The van der Waals surface area contributed by atoms with Crippen LogP contribution in [0.15, 0.2) is 0 Å². The quantitative estimate of drug-likeness (QED) is 0.685. The lowest BCUT2D eigenvalue weighted by molar-refractivity contribution is 0.575. The second-order valence-corrected chi connectivity index (χ2v) is 5.65. The third-order valence-corrected chi connectivity index (χ3v) is 4.02. The Hall–Kier alpha value is -0.0900. The van der Waals surface area contributed by atoms with Gasteiger partial charge in [0.15, 0.2) is 9.84 Å². The largest absolute Gasteiger partial charge is 0.327 e. The molecular formula is C7H17NO2S. The molecule has 0 spiro atoms. The van der Waals surface area contributed by atoms with Crippen LogP contribution in [0.3, 0.4) is 0 Å². The molecule has 0 fully saturated rings. The molecule has 0 bridgehead atoms. The van der Waals surface area contributed by atoms with E-state index in [1.165, 1.54) is 0 Å². The zero-order chi connectivity index (χ0) is 9.07. The van der Waals surface area contributed by atoms with Crippen LogP contribution in [-0.4, -0.2) is 25.5 Å². The molecule has 0 aromatic carbocycles. The Balaban J connectivity index is 4.15. The molecule has 0 saturated heterocycles. The number of hydrogen-bond donors (Lipinski definition) is 1. The van der Waals surface area contributed by atoms with Crippen molar-refractivity contribution in [1.29, 1.82) is 0 Å². The van der Waals surface area contributed by atoms with E-state index in [4.69, 9.17) is 5.73 Å². The number of rotatable bonds is 4. The summed E-state index contributed by atoms with van der Waals surface area (Å²) in [6, 6.07) is -0.206. The topological polar surface area (TPSA) is 60.2 Å². The summed E-state index contributed by atoms with van der Waals surface area (Å²) >= 11 is 0. The Kier molecular flexibility index (Phi) is 4.03. The first-order chi connectivity index (χ1) is 4.90. The van der Waals surface area contributed by atoms with Gasteiger partial charge in [0.25, 0.3) is 0 Å². The highest BCUT2D eigenvalue weighted by atomic mass is 32.2. The molecule has 0 rings (SSSR count). The second-order valence-electron chi connectivity index (χ2n) is 3.05. The zero-order valence-electron chi connectivity index (χ0n) is 7.37. The third-order valence-electron chi connectivity index (χ3n) is 1.69. The van der Waals surface area contributed by atoms with E-state index in [9.17, 15) is 8.42 Å². The molecule has 11 heavy (non-hydrogen) atoms. The van der Waals surface area contributed by atoms with E-state index in [2.05, 4.69) is 0 Å². The molecule has 0 saturated carbocycles. The van der Waals surface area contributed by atoms with Crippen LogP contribution in [0.2, 0.25) is 0 Å². The Morgan fingerprint density at radius 1 is 1.36 bits per heavy atom.